The maximum atomic E-state index is 2.71. The van der Waals surface area contributed by atoms with Crippen LogP contribution in [0.25, 0.3) is 0 Å². The van der Waals surface area contributed by atoms with Crippen LogP contribution in [-0.4, -0.2) is 96.1 Å². The Bertz CT molecular complexity index is 356. The molecule has 0 radical (unpaired) electrons. The van der Waals surface area contributed by atoms with E-state index in [0.29, 0.717) is 5.54 Å². The van der Waals surface area contributed by atoms with Gasteiger partial charge in [0.1, 0.15) is 0 Å². The summed E-state index contributed by atoms with van der Waals surface area (Å²) >= 11 is 0. The smallest absolute Gasteiger partial charge is 0.0355 e. The molecular weight excluding hydrogens is 272 g/mol. The van der Waals surface area contributed by atoms with E-state index < -0.39 is 0 Å². The first-order chi connectivity index (χ1) is 9.98. The molecule has 2 heterocycles. The molecule has 4 nitrogen and oxygen atoms in total. The first kappa shape index (κ1) is 18.2. The fraction of sp³-hybridized carbons (Fsp3) is 1.00. The maximum Gasteiger partial charge on any atom is 0.0355 e. The second-order valence-electron chi connectivity index (χ2n) is 9.45. The van der Waals surface area contributed by atoms with E-state index in [1.165, 1.54) is 39.3 Å². The van der Waals surface area contributed by atoms with Crippen molar-refractivity contribution in [3.63, 3.8) is 0 Å². The van der Waals surface area contributed by atoms with Gasteiger partial charge in [0.05, 0.1) is 0 Å². The second-order valence-corrected chi connectivity index (χ2v) is 9.45. The molecule has 0 spiro atoms. The van der Waals surface area contributed by atoms with E-state index in [2.05, 4.69) is 75.2 Å². The van der Waals surface area contributed by atoms with Gasteiger partial charge in [-0.1, -0.05) is 0 Å². The van der Waals surface area contributed by atoms with Gasteiger partial charge in [0.15, 0.2) is 0 Å². The summed E-state index contributed by atoms with van der Waals surface area (Å²) in [5.41, 5.74) is 0.592. The SMILES string of the molecule is CN1CC(N(CCN(C)C2CN(C(C)(C)C)C2)C(C)(C)C)C1. The van der Waals surface area contributed by atoms with Crippen molar-refractivity contribution in [2.24, 2.45) is 0 Å². The lowest BCUT2D eigenvalue weighted by Gasteiger charge is -2.52. The highest BCUT2D eigenvalue weighted by atomic mass is 15.4. The zero-order valence-corrected chi connectivity index (χ0v) is 16.2. The Morgan fingerprint density at radius 1 is 0.864 bits per heavy atom. The summed E-state index contributed by atoms with van der Waals surface area (Å²) in [6, 6.07) is 1.48. The minimum absolute atomic E-state index is 0.268. The molecule has 4 heteroatoms. The zero-order chi connectivity index (χ0) is 16.7. The molecule has 22 heavy (non-hydrogen) atoms. The van der Waals surface area contributed by atoms with Crippen LogP contribution in [-0.2, 0) is 0 Å². The topological polar surface area (TPSA) is 13.0 Å². The highest BCUT2D eigenvalue weighted by Crippen LogP contribution is 2.25. The lowest BCUT2D eigenvalue weighted by Crippen LogP contribution is -2.66. The number of likely N-dealkylation sites (tertiary alicyclic amines) is 2. The van der Waals surface area contributed by atoms with Crippen molar-refractivity contribution in [1.29, 1.82) is 0 Å². The van der Waals surface area contributed by atoms with Gasteiger partial charge < -0.3 is 4.90 Å². The second kappa shape index (κ2) is 6.39. The Morgan fingerprint density at radius 2 is 1.41 bits per heavy atom. The van der Waals surface area contributed by atoms with Gasteiger partial charge in [0.25, 0.3) is 0 Å². The molecule has 0 amide bonds. The summed E-state index contributed by atoms with van der Waals surface area (Å²) in [4.78, 5) is 10.3. The molecule has 2 aliphatic rings. The molecule has 0 saturated carbocycles. The summed E-state index contributed by atoms with van der Waals surface area (Å²) in [6.07, 6.45) is 0. The molecule has 130 valence electrons. The van der Waals surface area contributed by atoms with Gasteiger partial charge in [-0.05, 0) is 55.6 Å². The van der Waals surface area contributed by atoms with Crippen LogP contribution in [0.3, 0.4) is 0 Å². The fourth-order valence-corrected chi connectivity index (χ4v) is 3.66. The summed E-state index contributed by atoms with van der Waals surface area (Å²) < 4.78 is 0. The van der Waals surface area contributed by atoms with Crippen molar-refractivity contribution >= 4 is 0 Å². The summed E-state index contributed by atoms with van der Waals surface area (Å²) in [5, 5.41) is 0. The van der Waals surface area contributed by atoms with Crippen LogP contribution in [0, 0.1) is 0 Å². The third kappa shape index (κ3) is 4.22. The molecule has 2 fully saturated rings. The highest BCUT2D eigenvalue weighted by molar-refractivity contribution is 4.95. The average molecular weight is 311 g/mol. The van der Waals surface area contributed by atoms with E-state index in [9.17, 15) is 0 Å². The molecule has 0 aromatic rings. The van der Waals surface area contributed by atoms with Crippen LogP contribution >= 0.6 is 0 Å². The van der Waals surface area contributed by atoms with Gasteiger partial charge in [-0.15, -0.1) is 0 Å². The Labute approximate surface area is 138 Å². The van der Waals surface area contributed by atoms with Gasteiger partial charge in [-0.3, -0.25) is 14.7 Å². The molecule has 2 aliphatic heterocycles. The van der Waals surface area contributed by atoms with Gasteiger partial charge in [0, 0.05) is 62.4 Å². The van der Waals surface area contributed by atoms with E-state index in [1.54, 1.807) is 0 Å². The molecular formula is C18H38N4. The van der Waals surface area contributed by atoms with E-state index in [-0.39, 0.29) is 5.54 Å². The van der Waals surface area contributed by atoms with Crippen molar-refractivity contribution in [1.82, 2.24) is 19.6 Å². The highest BCUT2D eigenvalue weighted by Gasteiger charge is 2.38. The minimum Gasteiger partial charge on any atom is -0.303 e. The molecule has 0 atom stereocenters. The number of rotatable bonds is 5. The van der Waals surface area contributed by atoms with Gasteiger partial charge in [-0.2, -0.15) is 0 Å². The number of likely N-dealkylation sites (N-methyl/N-ethyl adjacent to an activating group) is 2. The summed E-state index contributed by atoms with van der Waals surface area (Å²) in [6.45, 7) is 21.3. The van der Waals surface area contributed by atoms with E-state index in [4.69, 9.17) is 0 Å². The van der Waals surface area contributed by atoms with Crippen molar-refractivity contribution in [2.45, 2.75) is 64.7 Å². The number of hydrogen-bond acceptors (Lipinski definition) is 4. The van der Waals surface area contributed by atoms with E-state index >= 15 is 0 Å². The van der Waals surface area contributed by atoms with E-state index in [1.807, 2.05) is 0 Å². The molecule has 0 unspecified atom stereocenters. The first-order valence-electron chi connectivity index (χ1n) is 8.89. The molecule has 0 aliphatic carbocycles. The molecule has 0 aromatic carbocycles. The monoisotopic (exact) mass is 310 g/mol. The van der Waals surface area contributed by atoms with Crippen molar-refractivity contribution < 1.29 is 0 Å². The first-order valence-corrected chi connectivity index (χ1v) is 8.89. The number of hydrogen-bond donors (Lipinski definition) is 0. The molecule has 0 bridgehead atoms. The third-order valence-electron chi connectivity index (χ3n) is 5.48. The molecule has 0 N–H and O–H groups in total. The maximum absolute atomic E-state index is 2.71. The lowest BCUT2D eigenvalue weighted by molar-refractivity contribution is -0.0349. The van der Waals surface area contributed by atoms with Crippen molar-refractivity contribution in [2.75, 3.05) is 53.4 Å². The number of nitrogens with zero attached hydrogens (tertiary/aromatic N) is 4. The lowest BCUT2D eigenvalue weighted by atomic mass is 9.96. The van der Waals surface area contributed by atoms with Crippen LogP contribution in [0.15, 0.2) is 0 Å². The predicted molar refractivity (Wildman–Crippen MR) is 95.5 cm³/mol. The van der Waals surface area contributed by atoms with Crippen LogP contribution in [0.2, 0.25) is 0 Å². The summed E-state index contributed by atoms with van der Waals surface area (Å²) in [7, 11) is 4.53. The largest absolute Gasteiger partial charge is 0.303 e. The van der Waals surface area contributed by atoms with Crippen LogP contribution < -0.4 is 0 Å². The zero-order valence-electron chi connectivity index (χ0n) is 16.2. The fourth-order valence-electron chi connectivity index (χ4n) is 3.66. The molecule has 2 saturated heterocycles. The quantitative estimate of drug-likeness (QED) is 0.768. The normalized spacial score (nSPS) is 23.2. The Kier molecular flexibility index (Phi) is 5.28. The van der Waals surface area contributed by atoms with Crippen LogP contribution in [0.5, 0.6) is 0 Å². The Balaban J connectivity index is 1.78. The van der Waals surface area contributed by atoms with Crippen LogP contribution in [0.1, 0.15) is 41.5 Å². The van der Waals surface area contributed by atoms with Crippen molar-refractivity contribution in [3.05, 3.63) is 0 Å². The van der Waals surface area contributed by atoms with E-state index in [0.717, 1.165) is 12.1 Å². The van der Waals surface area contributed by atoms with Crippen LogP contribution in [0.4, 0.5) is 0 Å². The van der Waals surface area contributed by atoms with Gasteiger partial charge in [0.2, 0.25) is 0 Å². The minimum atomic E-state index is 0.268. The molecule has 0 aromatic heterocycles. The third-order valence-corrected chi connectivity index (χ3v) is 5.48. The van der Waals surface area contributed by atoms with Gasteiger partial charge >= 0.3 is 0 Å². The Hall–Kier alpha value is -0.160. The summed E-state index contributed by atoms with van der Waals surface area (Å²) in [5.74, 6) is 0. The van der Waals surface area contributed by atoms with Crippen molar-refractivity contribution in [3.8, 4) is 0 Å². The standard InChI is InChI=1S/C18H38N4/c1-17(2,3)21-13-15(14-21)20(8)9-10-22(18(4,5)6)16-11-19(7)12-16/h15-16H,9-14H2,1-8H3. The predicted octanol–water partition coefficient (Wildman–Crippen LogP) is 1.82. The Morgan fingerprint density at radius 3 is 1.82 bits per heavy atom. The molecule has 2 rings (SSSR count). The average Bonchev–Trinajstić information content (AvgIpc) is 2.20. The van der Waals surface area contributed by atoms with Gasteiger partial charge in [-0.25, -0.2) is 0 Å².